The van der Waals surface area contributed by atoms with Gasteiger partial charge in [0.2, 0.25) is 0 Å². The van der Waals surface area contributed by atoms with Gasteiger partial charge in [-0.2, -0.15) is 10.5 Å². The van der Waals surface area contributed by atoms with Crippen molar-refractivity contribution in [2.24, 2.45) is 23.2 Å². The van der Waals surface area contributed by atoms with Crippen LogP contribution >= 0.6 is 0 Å². The largest absolute Gasteiger partial charge is 0.466 e. The molecule has 0 bridgehead atoms. The Labute approximate surface area is 154 Å². The lowest BCUT2D eigenvalue weighted by atomic mass is 9.61. The van der Waals surface area contributed by atoms with Crippen LogP contribution in [0.25, 0.3) is 0 Å². The zero-order valence-electron chi connectivity index (χ0n) is 15.3. The molecule has 6 heteroatoms. The van der Waals surface area contributed by atoms with Gasteiger partial charge in [-0.3, -0.25) is 9.59 Å². The van der Waals surface area contributed by atoms with Crippen LogP contribution in [0.15, 0.2) is 12.7 Å². The zero-order valence-corrected chi connectivity index (χ0v) is 15.3. The lowest BCUT2D eigenvalue weighted by Crippen LogP contribution is -2.38. The second kappa shape index (κ2) is 10.3. The van der Waals surface area contributed by atoms with E-state index in [1.165, 1.54) is 6.92 Å². The maximum Gasteiger partial charge on any atom is 0.308 e. The van der Waals surface area contributed by atoms with Crippen molar-refractivity contribution >= 4 is 11.9 Å². The summed E-state index contributed by atoms with van der Waals surface area (Å²) in [6, 6.07) is 4.27. The molecule has 0 heterocycles. The summed E-state index contributed by atoms with van der Waals surface area (Å²) < 4.78 is 9.82. The highest BCUT2D eigenvalue weighted by Gasteiger charge is 2.46. The van der Waals surface area contributed by atoms with Crippen LogP contribution in [0, 0.1) is 57.7 Å². The van der Waals surface area contributed by atoms with Gasteiger partial charge in [-0.1, -0.05) is 17.9 Å². The third kappa shape index (κ3) is 5.36. The van der Waals surface area contributed by atoms with Crippen LogP contribution in [-0.2, 0) is 19.1 Å². The molecule has 3 atom stereocenters. The van der Waals surface area contributed by atoms with E-state index >= 15 is 0 Å². The number of hydrogen-bond acceptors (Lipinski definition) is 6. The predicted octanol–water partition coefficient (Wildman–Crippen LogP) is 2.76. The van der Waals surface area contributed by atoms with Crippen molar-refractivity contribution in [3.8, 4) is 24.0 Å². The molecular weight excluding hydrogens is 332 g/mol. The highest BCUT2D eigenvalue weighted by molar-refractivity contribution is 5.72. The number of nitriles is 2. The molecule has 6 nitrogen and oxygen atoms in total. The van der Waals surface area contributed by atoms with Gasteiger partial charge in [0.05, 0.1) is 24.7 Å². The SMILES string of the molecule is C=C[C@@H]1C[C@@H](C(=O)OCC)CC[C@H]1C(C#N)(C#N)CC#CCOC(C)=O. The van der Waals surface area contributed by atoms with E-state index in [2.05, 4.69) is 30.6 Å². The van der Waals surface area contributed by atoms with Crippen LogP contribution in [0.4, 0.5) is 0 Å². The normalized spacial score (nSPS) is 21.9. The van der Waals surface area contributed by atoms with Crippen LogP contribution in [-0.4, -0.2) is 25.2 Å². The van der Waals surface area contributed by atoms with E-state index in [1.807, 2.05) is 0 Å². The summed E-state index contributed by atoms with van der Waals surface area (Å²) in [7, 11) is 0. The Bertz CT molecular complexity index is 661. The van der Waals surface area contributed by atoms with Crippen molar-refractivity contribution in [3.63, 3.8) is 0 Å². The van der Waals surface area contributed by atoms with Gasteiger partial charge in [0.1, 0.15) is 0 Å². The summed E-state index contributed by atoms with van der Waals surface area (Å²) in [4.78, 5) is 22.7. The fourth-order valence-electron chi connectivity index (χ4n) is 3.34. The molecule has 0 saturated heterocycles. The van der Waals surface area contributed by atoms with Gasteiger partial charge in [0.25, 0.3) is 0 Å². The van der Waals surface area contributed by atoms with Crippen LogP contribution < -0.4 is 0 Å². The fraction of sp³-hybridized carbons (Fsp3) is 0.600. The third-order valence-electron chi connectivity index (χ3n) is 4.69. The molecule has 1 fully saturated rings. The first-order valence-corrected chi connectivity index (χ1v) is 8.64. The van der Waals surface area contributed by atoms with Crippen LogP contribution in [0.1, 0.15) is 39.5 Å². The number of nitrogens with zero attached hydrogens (tertiary/aromatic N) is 2. The van der Waals surface area contributed by atoms with E-state index in [9.17, 15) is 20.1 Å². The van der Waals surface area contributed by atoms with Crippen molar-refractivity contribution in [2.45, 2.75) is 39.5 Å². The fourth-order valence-corrected chi connectivity index (χ4v) is 3.34. The molecule has 0 unspecified atom stereocenters. The molecule has 26 heavy (non-hydrogen) atoms. The molecule has 1 aliphatic rings. The summed E-state index contributed by atoms with van der Waals surface area (Å²) in [5.41, 5.74) is -1.29. The first-order valence-electron chi connectivity index (χ1n) is 8.64. The number of carbonyl (C=O) groups is 2. The van der Waals surface area contributed by atoms with Gasteiger partial charge in [-0.25, -0.2) is 0 Å². The number of carbonyl (C=O) groups excluding carboxylic acids is 2. The average molecular weight is 356 g/mol. The maximum absolute atomic E-state index is 12.0. The topological polar surface area (TPSA) is 100 Å². The number of rotatable bonds is 6. The molecule has 1 rings (SSSR count). The molecule has 138 valence electrons. The zero-order chi connectivity index (χ0) is 19.6. The van der Waals surface area contributed by atoms with Crippen LogP contribution in [0.3, 0.4) is 0 Å². The monoisotopic (exact) mass is 356 g/mol. The molecule has 1 aliphatic carbocycles. The Morgan fingerprint density at radius 2 is 1.92 bits per heavy atom. The smallest absolute Gasteiger partial charge is 0.308 e. The predicted molar refractivity (Wildman–Crippen MR) is 93.8 cm³/mol. The minimum absolute atomic E-state index is 0.0559. The lowest BCUT2D eigenvalue weighted by Gasteiger charge is -2.39. The van der Waals surface area contributed by atoms with Crippen molar-refractivity contribution in [1.82, 2.24) is 0 Å². The molecule has 0 aromatic carbocycles. The number of hydrogen-bond donors (Lipinski definition) is 0. The van der Waals surface area contributed by atoms with Gasteiger partial charge in [-0.05, 0) is 38.0 Å². The Morgan fingerprint density at radius 3 is 2.46 bits per heavy atom. The van der Waals surface area contributed by atoms with E-state index in [0.29, 0.717) is 25.9 Å². The van der Waals surface area contributed by atoms with Gasteiger partial charge < -0.3 is 9.47 Å². The third-order valence-corrected chi connectivity index (χ3v) is 4.69. The van der Waals surface area contributed by atoms with Crippen molar-refractivity contribution in [2.75, 3.05) is 13.2 Å². The van der Waals surface area contributed by atoms with Gasteiger partial charge in [0, 0.05) is 13.3 Å². The maximum atomic E-state index is 12.0. The van der Waals surface area contributed by atoms with Crippen molar-refractivity contribution in [1.29, 1.82) is 10.5 Å². The number of allylic oxidation sites excluding steroid dienone is 1. The standard InChI is InChI=1S/C20H24N2O4/c1-4-16-12-17(19(24)25-5-2)8-9-18(16)20(13-21,14-22)10-6-7-11-26-15(3)23/h4,16-18H,1,5,8-12H2,2-3H3/t16-,17+,18-/m1/s1. The van der Waals surface area contributed by atoms with Gasteiger partial charge in [0.15, 0.2) is 12.0 Å². The average Bonchev–Trinajstić information content (AvgIpc) is 2.64. The molecule has 0 aromatic heterocycles. The summed E-state index contributed by atoms with van der Waals surface area (Å²) in [6.45, 7) is 7.13. The van der Waals surface area contributed by atoms with Gasteiger partial charge in [-0.15, -0.1) is 6.58 Å². The van der Waals surface area contributed by atoms with E-state index < -0.39 is 11.4 Å². The summed E-state index contributed by atoms with van der Waals surface area (Å²) in [5.74, 6) is 4.13. The molecule has 0 spiro atoms. The first kappa shape index (κ1) is 21.3. The highest BCUT2D eigenvalue weighted by atomic mass is 16.5. The van der Waals surface area contributed by atoms with Crippen molar-refractivity contribution in [3.05, 3.63) is 12.7 Å². The van der Waals surface area contributed by atoms with Gasteiger partial charge >= 0.3 is 11.9 Å². The van der Waals surface area contributed by atoms with E-state index in [0.717, 1.165) is 0 Å². The van der Waals surface area contributed by atoms with Crippen LogP contribution in [0.2, 0.25) is 0 Å². The summed E-state index contributed by atoms with van der Waals surface area (Å²) >= 11 is 0. The highest BCUT2D eigenvalue weighted by Crippen LogP contribution is 2.46. The van der Waals surface area contributed by atoms with Crippen molar-refractivity contribution < 1.29 is 19.1 Å². The molecule has 1 saturated carbocycles. The minimum Gasteiger partial charge on any atom is -0.466 e. The molecule has 0 radical (unpaired) electrons. The van der Waals surface area contributed by atoms with E-state index in [-0.39, 0.29) is 36.8 Å². The quantitative estimate of drug-likeness (QED) is 0.412. The number of esters is 2. The molecular formula is C20H24N2O4. The molecule has 0 N–H and O–H groups in total. The molecule has 0 aliphatic heterocycles. The Morgan fingerprint density at radius 1 is 1.23 bits per heavy atom. The number of ether oxygens (including phenoxy) is 2. The second-order valence-corrected chi connectivity index (χ2v) is 6.27. The summed E-state index contributed by atoms with van der Waals surface area (Å²) in [6.07, 6.45) is 3.40. The Kier molecular flexibility index (Phi) is 8.40. The molecule has 0 amide bonds. The lowest BCUT2D eigenvalue weighted by molar-refractivity contribution is -0.150. The molecule has 0 aromatic rings. The Hall–Kier alpha value is -2.78. The summed E-state index contributed by atoms with van der Waals surface area (Å²) in [5, 5.41) is 19.4. The van der Waals surface area contributed by atoms with Crippen LogP contribution in [0.5, 0.6) is 0 Å². The first-order chi connectivity index (χ1) is 12.4. The minimum atomic E-state index is -1.29. The second-order valence-electron chi connectivity index (χ2n) is 6.27. The Balaban J connectivity index is 2.90. The van der Waals surface area contributed by atoms with E-state index in [1.54, 1.807) is 13.0 Å². The van der Waals surface area contributed by atoms with E-state index in [4.69, 9.17) is 9.47 Å².